The van der Waals surface area contributed by atoms with Gasteiger partial charge in [-0.2, -0.15) is 0 Å². The summed E-state index contributed by atoms with van der Waals surface area (Å²) in [5.41, 5.74) is 6.69. The maximum absolute atomic E-state index is 5.80. The molecule has 0 aromatic heterocycles. The van der Waals surface area contributed by atoms with E-state index >= 15 is 0 Å². The monoisotopic (exact) mass is 292 g/mol. The lowest BCUT2D eigenvalue weighted by Gasteiger charge is -2.15. The van der Waals surface area contributed by atoms with Crippen molar-refractivity contribution < 1.29 is 0 Å². The van der Waals surface area contributed by atoms with E-state index in [1.54, 1.807) is 0 Å². The molecule has 1 atom stereocenters. The second-order valence-electron chi connectivity index (χ2n) is 6.09. The first-order valence-electron chi connectivity index (χ1n) is 7.65. The van der Waals surface area contributed by atoms with Crippen LogP contribution in [0.2, 0.25) is 0 Å². The van der Waals surface area contributed by atoms with Crippen molar-refractivity contribution in [2.75, 3.05) is 6.54 Å². The van der Waals surface area contributed by atoms with E-state index in [2.05, 4.69) is 66.5 Å². The fourth-order valence-corrected chi connectivity index (χ4v) is 2.33. The first kappa shape index (κ1) is 16.3. The minimum Gasteiger partial charge on any atom is -0.316 e. The summed E-state index contributed by atoms with van der Waals surface area (Å²) in [6.45, 7) is 6.76. The Balaban J connectivity index is 1.98. The van der Waals surface area contributed by atoms with Gasteiger partial charge in [0.1, 0.15) is 0 Å². The molecule has 0 aliphatic carbocycles. The Morgan fingerprint density at radius 2 is 1.91 bits per heavy atom. The molecule has 0 aliphatic rings. The van der Waals surface area contributed by atoms with Gasteiger partial charge in [0.2, 0.25) is 0 Å². The summed E-state index contributed by atoms with van der Waals surface area (Å²) in [7, 11) is 0. The molecule has 0 spiro atoms. The summed E-state index contributed by atoms with van der Waals surface area (Å²) in [5, 5.41) is 6.09. The van der Waals surface area contributed by atoms with E-state index in [0.29, 0.717) is 0 Å². The Kier molecular flexibility index (Phi) is 5.38. The van der Waals surface area contributed by atoms with Crippen molar-refractivity contribution in [3.8, 4) is 11.8 Å². The molecule has 0 fully saturated rings. The molecular formula is C20H24N2. The van der Waals surface area contributed by atoms with Crippen LogP contribution < -0.4 is 11.1 Å². The molecule has 0 unspecified atom stereocenters. The van der Waals surface area contributed by atoms with Crippen molar-refractivity contribution >= 4 is 10.8 Å². The third-order valence-corrected chi connectivity index (χ3v) is 3.43. The Morgan fingerprint density at radius 1 is 1.18 bits per heavy atom. The molecule has 2 nitrogen and oxygen atoms in total. The van der Waals surface area contributed by atoms with E-state index in [4.69, 9.17) is 5.73 Å². The van der Waals surface area contributed by atoms with E-state index in [-0.39, 0.29) is 6.04 Å². The van der Waals surface area contributed by atoms with Gasteiger partial charge in [-0.15, -0.1) is 0 Å². The van der Waals surface area contributed by atoms with Crippen LogP contribution in [-0.4, -0.2) is 12.1 Å². The molecule has 2 rings (SSSR count). The molecule has 2 heteroatoms. The van der Waals surface area contributed by atoms with Crippen LogP contribution in [0.4, 0.5) is 0 Å². The highest BCUT2D eigenvalue weighted by atomic mass is 14.9. The van der Waals surface area contributed by atoms with Crippen LogP contribution >= 0.6 is 0 Å². The molecule has 0 amide bonds. The van der Waals surface area contributed by atoms with Gasteiger partial charge < -0.3 is 11.1 Å². The van der Waals surface area contributed by atoms with Gasteiger partial charge in [-0.25, -0.2) is 0 Å². The van der Waals surface area contributed by atoms with Gasteiger partial charge in [-0.1, -0.05) is 60.4 Å². The number of hydrogen-bond acceptors (Lipinski definition) is 2. The zero-order valence-electron chi connectivity index (χ0n) is 13.6. The lowest BCUT2D eigenvalue weighted by molar-refractivity contribution is 0.621. The third-order valence-electron chi connectivity index (χ3n) is 3.43. The largest absolute Gasteiger partial charge is 0.316 e. The second-order valence-corrected chi connectivity index (χ2v) is 6.09. The standard InChI is InChI=1S/C20H24N2/c1-16(22-15-8-4-7-14-20(2,3)21)18-13-9-11-17-10-5-6-12-19(17)18/h4-6,8-13,16,22H,15,21H2,1-3H3/t16-/m1/s1. The average molecular weight is 292 g/mol. The first-order chi connectivity index (χ1) is 10.5. The first-order valence-corrected chi connectivity index (χ1v) is 7.65. The van der Waals surface area contributed by atoms with E-state index in [9.17, 15) is 0 Å². The molecular weight excluding hydrogens is 268 g/mol. The molecule has 0 saturated carbocycles. The van der Waals surface area contributed by atoms with Crippen LogP contribution in [0.25, 0.3) is 10.8 Å². The lowest BCUT2D eigenvalue weighted by atomic mass is 10.00. The molecule has 114 valence electrons. The van der Waals surface area contributed by atoms with Crippen LogP contribution in [0.15, 0.2) is 54.6 Å². The average Bonchev–Trinajstić information content (AvgIpc) is 2.49. The van der Waals surface area contributed by atoms with E-state index < -0.39 is 5.54 Å². The van der Waals surface area contributed by atoms with Crippen LogP contribution in [0.3, 0.4) is 0 Å². The van der Waals surface area contributed by atoms with Gasteiger partial charge in [0.15, 0.2) is 0 Å². The van der Waals surface area contributed by atoms with Crippen molar-refractivity contribution in [1.29, 1.82) is 0 Å². The second kappa shape index (κ2) is 7.26. The van der Waals surface area contributed by atoms with Crippen LogP contribution in [0.1, 0.15) is 32.4 Å². The van der Waals surface area contributed by atoms with Crippen molar-refractivity contribution in [3.63, 3.8) is 0 Å². The highest BCUT2D eigenvalue weighted by Crippen LogP contribution is 2.23. The number of nitrogens with two attached hydrogens (primary N) is 1. The molecule has 0 saturated heterocycles. The zero-order chi connectivity index (χ0) is 16.0. The number of rotatable bonds is 4. The molecule has 0 radical (unpaired) electrons. The minimum absolute atomic E-state index is 0.287. The quantitative estimate of drug-likeness (QED) is 0.841. The van der Waals surface area contributed by atoms with Gasteiger partial charge >= 0.3 is 0 Å². The molecule has 2 aromatic carbocycles. The molecule has 0 heterocycles. The summed E-state index contributed by atoms with van der Waals surface area (Å²) < 4.78 is 0. The highest BCUT2D eigenvalue weighted by molar-refractivity contribution is 5.86. The van der Waals surface area contributed by atoms with Crippen molar-refractivity contribution in [2.24, 2.45) is 5.73 Å². The van der Waals surface area contributed by atoms with Gasteiger partial charge in [0.05, 0.1) is 5.54 Å². The number of fused-ring (bicyclic) bond motifs is 1. The predicted molar refractivity (Wildman–Crippen MR) is 95.5 cm³/mol. The Hall–Kier alpha value is -2.08. The number of benzene rings is 2. The summed E-state index contributed by atoms with van der Waals surface area (Å²) >= 11 is 0. The number of nitrogens with one attached hydrogen (secondary N) is 1. The van der Waals surface area contributed by atoms with Gasteiger partial charge in [-0.05, 0) is 43.2 Å². The Morgan fingerprint density at radius 3 is 2.68 bits per heavy atom. The van der Waals surface area contributed by atoms with Crippen molar-refractivity contribution in [2.45, 2.75) is 32.4 Å². The minimum atomic E-state index is -0.436. The normalized spacial score (nSPS) is 13.1. The van der Waals surface area contributed by atoms with E-state index in [1.807, 2.05) is 26.0 Å². The van der Waals surface area contributed by atoms with Crippen LogP contribution in [0, 0.1) is 11.8 Å². The molecule has 22 heavy (non-hydrogen) atoms. The summed E-state index contributed by atoms with van der Waals surface area (Å²) in [6.07, 6.45) is 3.89. The smallest absolute Gasteiger partial charge is 0.0722 e. The molecule has 2 aromatic rings. The fraction of sp³-hybridized carbons (Fsp3) is 0.300. The highest BCUT2D eigenvalue weighted by Gasteiger charge is 2.07. The Labute approximate surface area is 133 Å². The maximum Gasteiger partial charge on any atom is 0.0722 e. The number of hydrogen-bond donors (Lipinski definition) is 2. The predicted octanol–water partition coefficient (Wildman–Crippen LogP) is 3.79. The molecule has 0 bridgehead atoms. The molecule has 0 aliphatic heterocycles. The third kappa shape index (κ3) is 4.73. The fourth-order valence-electron chi connectivity index (χ4n) is 2.33. The summed E-state index contributed by atoms with van der Waals surface area (Å²) in [4.78, 5) is 0. The zero-order valence-corrected chi connectivity index (χ0v) is 13.6. The Bertz CT molecular complexity index is 706. The lowest BCUT2D eigenvalue weighted by Crippen LogP contribution is -2.29. The van der Waals surface area contributed by atoms with Crippen molar-refractivity contribution in [3.05, 3.63) is 60.2 Å². The SMILES string of the molecule is C[C@@H](NCC=CC#CC(C)(C)N)c1cccc2ccccc12. The molecule has 3 N–H and O–H groups in total. The number of allylic oxidation sites excluding steroid dienone is 1. The van der Waals surface area contributed by atoms with Crippen molar-refractivity contribution in [1.82, 2.24) is 5.32 Å². The topological polar surface area (TPSA) is 38.0 Å². The summed E-state index contributed by atoms with van der Waals surface area (Å²) in [6, 6.07) is 15.2. The van der Waals surface area contributed by atoms with E-state index in [1.165, 1.54) is 16.3 Å². The van der Waals surface area contributed by atoms with Gasteiger partial charge in [0.25, 0.3) is 0 Å². The van der Waals surface area contributed by atoms with Crippen LogP contribution in [0.5, 0.6) is 0 Å². The maximum atomic E-state index is 5.80. The van der Waals surface area contributed by atoms with E-state index in [0.717, 1.165) is 6.54 Å². The summed E-state index contributed by atoms with van der Waals surface area (Å²) in [5.74, 6) is 5.95. The van der Waals surface area contributed by atoms with Crippen LogP contribution in [-0.2, 0) is 0 Å². The van der Waals surface area contributed by atoms with Gasteiger partial charge in [0, 0.05) is 12.6 Å². The van der Waals surface area contributed by atoms with Gasteiger partial charge in [-0.3, -0.25) is 0 Å².